The first-order valence-electron chi connectivity index (χ1n) is 5.18. The van der Waals surface area contributed by atoms with Crippen molar-refractivity contribution in [2.45, 2.75) is 11.3 Å². The van der Waals surface area contributed by atoms with Crippen molar-refractivity contribution in [2.75, 3.05) is 13.7 Å². The van der Waals surface area contributed by atoms with Gasteiger partial charge in [-0.2, -0.15) is 0 Å². The van der Waals surface area contributed by atoms with E-state index in [1.807, 2.05) is 0 Å². The maximum atomic E-state index is 12.1. The highest BCUT2D eigenvalue weighted by Crippen LogP contribution is 2.30. The number of methoxy groups -OCH3 is 1. The van der Waals surface area contributed by atoms with Gasteiger partial charge in [0.25, 0.3) is 0 Å². The number of carbonyl (C=O) groups excluding carboxylic acids is 2. The molecule has 0 amide bonds. The van der Waals surface area contributed by atoms with Crippen molar-refractivity contribution in [3.8, 4) is 5.75 Å². The number of carbonyl (C=O) groups is 2. The Hall–Kier alpha value is -1.49. The van der Waals surface area contributed by atoms with E-state index >= 15 is 0 Å². The van der Waals surface area contributed by atoms with E-state index in [1.54, 1.807) is 18.2 Å². The van der Waals surface area contributed by atoms with Gasteiger partial charge in [0.05, 0.1) is 31.6 Å². The molecule has 0 spiro atoms. The van der Waals surface area contributed by atoms with Crippen molar-refractivity contribution in [3.63, 3.8) is 0 Å². The maximum Gasteiger partial charge on any atom is 0.306 e. The molecule has 90 valence electrons. The first-order valence-corrected chi connectivity index (χ1v) is 5.63. The molecule has 1 aromatic carbocycles. The molecule has 0 saturated carbocycles. The van der Waals surface area contributed by atoms with Crippen LogP contribution in [0.5, 0.6) is 5.75 Å². The summed E-state index contributed by atoms with van der Waals surface area (Å²) < 4.78 is 10.00. The van der Waals surface area contributed by atoms with Crippen LogP contribution >= 0.6 is 12.6 Å². The molecule has 17 heavy (non-hydrogen) atoms. The molecule has 0 bridgehead atoms. The second kappa shape index (κ2) is 4.79. The Morgan fingerprint density at radius 2 is 2.35 bits per heavy atom. The van der Waals surface area contributed by atoms with Crippen LogP contribution in [0.4, 0.5) is 0 Å². The van der Waals surface area contributed by atoms with Gasteiger partial charge in [0.2, 0.25) is 0 Å². The fourth-order valence-corrected chi connectivity index (χ4v) is 1.96. The number of fused-ring (bicyclic) bond motifs is 1. The van der Waals surface area contributed by atoms with Crippen molar-refractivity contribution in [2.24, 2.45) is 5.92 Å². The van der Waals surface area contributed by atoms with Crippen molar-refractivity contribution in [3.05, 3.63) is 23.8 Å². The minimum absolute atomic E-state index is 0.0472. The molecule has 1 unspecified atom stereocenters. The Kier molecular flexibility index (Phi) is 3.38. The summed E-state index contributed by atoms with van der Waals surface area (Å²) in [6, 6.07) is 5.13. The SMILES string of the molecule is COC(=O)CC1COc2ccc(S)cc2C1=O. The molecular formula is C12H12O4S. The third-order valence-electron chi connectivity index (χ3n) is 2.68. The molecule has 1 aliphatic heterocycles. The number of hydrogen-bond donors (Lipinski definition) is 1. The molecule has 4 nitrogen and oxygen atoms in total. The number of ketones is 1. The first kappa shape index (κ1) is 12.0. The number of ether oxygens (including phenoxy) is 2. The van der Waals surface area contributed by atoms with Crippen LogP contribution < -0.4 is 4.74 Å². The van der Waals surface area contributed by atoms with Gasteiger partial charge < -0.3 is 9.47 Å². The molecule has 1 aliphatic rings. The minimum atomic E-state index is -0.468. The molecule has 1 heterocycles. The van der Waals surface area contributed by atoms with Gasteiger partial charge in [0, 0.05) is 4.90 Å². The molecule has 0 aromatic heterocycles. The van der Waals surface area contributed by atoms with Gasteiger partial charge in [0.15, 0.2) is 5.78 Å². The van der Waals surface area contributed by atoms with Gasteiger partial charge in [-0.25, -0.2) is 0 Å². The second-order valence-electron chi connectivity index (χ2n) is 3.83. The number of rotatable bonds is 2. The highest BCUT2D eigenvalue weighted by atomic mass is 32.1. The zero-order valence-electron chi connectivity index (χ0n) is 9.30. The predicted octanol–water partition coefficient (Wildman–Crippen LogP) is 1.73. The molecule has 0 saturated heterocycles. The van der Waals surface area contributed by atoms with Gasteiger partial charge >= 0.3 is 5.97 Å². The average molecular weight is 252 g/mol. The van der Waals surface area contributed by atoms with E-state index in [0.717, 1.165) is 0 Å². The summed E-state index contributed by atoms with van der Waals surface area (Å²) in [5.74, 6) is -0.413. The zero-order valence-corrected chi connectivity index (χ0v) is 10.2. The van der Waals surface area contributed by atoms with Crippen LogP contribution in [0.25, 0.3) is 0 Å². The molecule has 0 N–H and O–H groups in total. The lowest BCUT2D eigenvalue weighted by molar-refractivity contribution is -0.141. The lowest BCUT2D eigenvalue weighted by Gasteiger charge is -2.23. The van der Waals surface area contributed by atoms with Gasteiger partial charge in [-0.15, -0.1) is 12.6 Å². The highest BCUT2D eigenvalue weighted by Gasteiger charge is 2.30. The first-order chi connectivity index (χ1) is 8.11. The van der Waals surface area contributed by atoms with Crippen LogP contribution in [-0.2, 0) is 9.53 Å². The zero-order chi connectivity index (χ0) is 12.4. The summed E-state index contributed by atoms with van der Waals surface area (Å²) in [6.07, 6.45) is 0.0472. The van der Waals surface area contributed by atoms with E-state index in [9.17, 15) is 9.59 Å². The predicted molar refractivity (Wildman–Crippen MR) is 63.6 cm³/mol. The quantitative estimate of drug-likeness (QED) is 0.643. The largest absolute Gasteiger partial charge is 0.492 e. The van der Waals surface area contributed by atoms with Crippen molar-refractivity contribution < 1.29 is 19.1 Å². The Morgan fingerprint density at radius 1 is 1.59 bits per heavy atom. The minimum Gasteiger partial charge on any atom is -0.492 e. The van der Waals surface area contributed by atoms with Crippen LogP contribution in [0, 0.1) is 5.92 Å². The smallest absolute Gasteiger partial charge is 0.306 e. The summed E-state index contributed by atoms with van der Waals surface area (Å²) in [6.45, 7) is 0.215. The van der Waals surface area contributed by atoms with Gasteiger partial charge in [-0.1, -0.05) is 0 Å². The molecule has 0 radical (unpaired) electrons. The van der Waals surface area contributed by atoms with Gasteiger partial charge in [-0.05, 0) is 18.2 Å². The topological polar surface area (TPSA) is 52.6 Å². The van der Waals surface area contributed by atoms with E-state index in [0.29, 0.717) is 16.2 Å². The molecule has 1 aromatic rings. The fraction of sp³-hybridized carbons (Fsp3) is 0.333. The fourth-order valence-electron chi connectivity index (χ4n) is 1.76. The maximum absolute atomic E-state index is 12.1. The third kappa shape index (κ3) is 2.44. The summed E-state index contributed by atoms with van der Waals surface area (Å²) in [5.41, 5.74) is 0.484. The Morgan fingerprint density at radius 3 is 3.06 bits per heavy atom. The van der Waals surface area contributed by atoms with Crippen LogP contribution in [-0.4, -0.2) is 25.5 Å². The van der Waals surface area contributed by atoms with Crippen molar-refractivity contribution in [1.82, 2.24) is 0 Å². The summed E-state index contributed by atoms with van der Waals surface area (Å²) in [5, 5.41) is 0. The van der Waals surface area contributed by atoms with Crippen molar-refractivity contribution >= 4 is 24.4 Å². The Balaban J connectivity index is 2.23. The Labute approximate surface area is 104 Å². The molecular weight excluding hydrogens is 240 g/mol. The highest BCUT2D eigenvalue weighted by molar-refractivity contribution is 7.80. The van der Waals surface area contributed by atoms with Crippen LogP contribution in [0.1, 0.15) is 16.8 Å². The Bertz CT molecular complexity index is 470. The normalized spacial score (nSPS) is 18.2. The summed E-state index contributed by atoms with van der Waals surface area (Å²) >= 11 is 4.18. The number of thiol groups is 1. The standard InChI is InChI=1S/C12H12O4S/c1-15-11(13)4-7-6-16-10-3-2-8(17)5-9(10)12(7)14/h2-3,5,7,17H,4,6H2,1H3. The third-order valence-corrected chi connectivity index (χ3v) is 2.96. The monoisotopic (exact) mass is 252 g/mol. The molecule has 1 atom stereocenters. The molecule has 0 fully saturated rings. The van der Waals surface area contributed by atoms with E-state index in [-0.39, 0.29) is 18.8 Å². The number of hydrogen-bond acceptors (Lipinski definition) is 5. The lowest BCUT2D eigenvalue weighted by atomic mass is 9.92. The molecule has 0 aliphatic carbocycles. The van der Waals surface area contributed by atoms with Crippen LogP contribution in [0.2, 0.25) is 0 Å². The van der Waals surface area contributed by atoms with E-state index in [4.69, 9.17) is 4.74 Å². The molecule has 5 heteroatoms. The van der Waals surface area contributed by atoms with E-state index < -0.39 is 11.9 Å². The summed E-state index contributed by atoms with van der Waals surface area (Å²) in [4.78, 5) is 24.0. The van der Waals surface area contributed by atoms with Crippen molar-refractivity contribution in [1.29, 1.82) is 0 Å². The molecule has 2 rings (SSSR count). The van der Waals surface area contributed by atoms with Gasteiger partial charge in [-0.3, -0.25) is 9.59 Å². The number of benzene rings is 1. The van der Waals surface area contributed by atoms with Crippen LogP contribution in [0.15, 0.2) is 23.1 Å². The summed E-state index contributed by atoms with van der Waals surface area (Å²) in [7, 11) is 1.30. The van der Waals surface area contributed by atoms with Gasteiger partial charge in [0.1, 0.15) is 5.75 Å². The number of esters is 1. The number of Topliss-reactive ketones (excluding diaryl/α,β-unsaturated/α-hetero) is 1. The second-order valence-corrected chi connectivity index (χ2v) is 4.35. The van der Waals surface area contributed by atoms with Crippen LogP contribution in [0.3, 0.4) is 0 Å². The van der Waals surface area contributed by atoms with E-state index in [1.165, 1.54) is 7.11 Å². The van der Waals surface area contributed by atoms with E-state index in [2.05, 4.69) is 17.4 Å². The average Bonchev–Trinajstić information content (AvgIpc) is 2.33. The lowest BCUT2D eigenvalue weighted by Crippen LogP contribution is -2.30.